The van der Waals surface area contributed by atoms with Gasteiger partial charge in [-0.3, -0.25) is 14.4 Å². The SMILES string of the molecule is O=C(COC(=O)CNC(=O)c1ccccc1F)Nc1cccc(S(=O)(=O)N2CCCCCC2)c1. The number of sulfonamides is 1. The summed E-state index contributed by atoms with van der Waals surface area (Å²) in [4.78, 5) is 35.9. The number of hydrogen-bond donors (Lipinski definition) is 2. The van der Waals surface area contributed by atoms with Crippen molar-refractivity contribution < 1.29 is 31.9 Å². The van der Waals surface area contributed by atoms with Gasteiger partial charge in [0.05, 0.1) is 10.5 Å². The van der Waals surface area contributed by atoms with Gasteiger partial charge in [-0.1, -0.05) is 31.0 Å². The van der Waals surface area contributed by atoms with Gasteiger partial charge in [0.25, 0.3) is 11.8 Å². The van der Waals surface area contributed by atoms with Crippen molar-refractivity contribution in [3.05, 3.63) is 59.9 Å². The molecular formula is C23H26FN3O6S. The Morgan fingerprint density at radius 1 is 0.971 bits per heavy atom. The van der Waals surface area contributed by atoms with Crippen LogP contribution in [0.5, 0.6) is 0 Å². The van der Waals surface area contributed by atoms with Gasteiger partial charge in [-0.15, -0.1) is 0 Å². The number of halogens is 1. The monoisotopic (exact) mass is 491 g/mol. The van der Waals surface area contributed by atoms with Crippen molar-refractivity contribution in [3.63, 3.8) is 0 Å². The highest BCUT2D eigenvalue weighted by Crippen LogP contribution is 2.22. The molecular weight excluding hydrogens is 465 g/mol. The van der Waals surface area contributed by atoms with Crippen LogP contribution in [0, 0.1) is 5.82 Å². The van der Waals surface area contributed by atoms with E-state index in [1.54, 1.807) is 0 Å². The van der Waals surface area contributed by atoms with Crippen LogP contribution >= 0.6 is 0 Å². The molecule has 2 aromatic carbocycles. The third kappa shape index (κ3) is 6.84. The fourth-order valence-electron chi connectivity index (χ4n) is 3.45. The number of hydrogen-bond acceptors (Lipinski definition) is 6. The zero-order valence-corrected chi connectivity index (χ0v) is 19.3. The summed E-state index contributed by atoms with van der Waals surface area (Å²) in [6, 6.07) is 11.2. The molecule has 9 nitrogen and oxygen atoms in total. The van der Waals surface area contributed by atoms with Crippen LogP contribution in [0.4, 0.5) is 10.1 Å². The molecule has 0 saturated carbocycles. The Balaban J connectivity index is 1.49. The van der Waals surface area contributed by atoms with Crippen LogP contribution in [0.3, 0.4) is 0 Å². The summed E-state index contributed by atoms with van der Waals surface area (Å²) in [7, 11) is -3.68. The van der Waals surface area contributed by atoms with E-state index in [1.807, 2.05) is 0 Å². The first-order valence-corrected chi connectivity index (χ1v) is 12.3. The Hall–Kier alpha value is -3.31. The summed E-state index contributed by atoms with van der Waals surface area (Å²) in [6.45, 7) is -0.272. The van der Waals surface area contributed by atoms with Crippen molar-refractivity contribution >= 4 is 33.5 Å². The largest absolute Gasteiger partial charge is 0.454 e. The average Bonchev–Trinajstić information content (AvgIpc) is 3.12. The highest BCUT2D eigenvalue weighted by Gasteiger charge is 2.25. The van der Waals surface area contributed by atoms with Crippen LogP contribution in [0.2, 0.25) is 0 Å². The van der Waals surface area contributed by atoms with Gasteiger partial charge in [0, 0.05) is 18.8 Å². The Bertz CT molecular complexity index is 1150. The van der Waals surface area contributed by atoms with Crippen LogP contribution in [0.1, 0.15) is 36.0 Å². The first-order chi connectivity index (χ1) is 16.3. The Labute approximate surface area is 197 Å². The average molecular weight is 492 g/mol. The van der Waals surface area contributed by atoms with E-state index in [0.29, 0.717) is 13.1 Å². The standard InChI is InChI=1S/C23H26FN3O6S/c24-20-11-4-3-10-19(20)23(30)25-15-22(29)33-16-21(28)26-17-8-7-9-18(14-17)34(31,32)27-12-5-1-2-6-13-27/h3-4,7-11,14H,1-2,5-6,12-13,15-16H2,(H,25,30)(H,26,28). The highest BCUT2D eigenvalue weighted by molar-refractivity contribution is 7.89. The van der Waals surface area contributed by atoms with Crippen LogP contribution in [-0.2, 0) is 24.3 Å². The van der Waals surface area contributed by atoms with E-state index >= 15 is 0 Å². The zero-order chi connectivity index (χ0) is 24.6. The van der Waals surface area contributed by atoms with Crippen LogP contribution in [0.15, 0.2) is 53.4 Å². The van der Waals surface area contributed by atoms with E-state index in [4.69, 9.17) is 4.74 Å². The Kier molecular flexibility index (Phi) is 8.72. The van der Waals surface area contributed by atoms with Crippen LogP contribution < -0.4 is 10.6 Å². The molecule has 0 aromatic heterocycles. The normalized spacial score (nSPS) is 14.6. The Morgan fingerprint density at radius 2 is 1.68 bits per heavy atom. The first-order valence-electron chi connectivity index (χ1n) is 10.9. The topological polar surface area (TPSA) is 122 Å². The van der Waals surface area contributed by atoms with E-state index < -0.39 is 46.8 Å². The number of ether oxygens (including phenoxy) is 1. The van der Waals surface area contributed by atoms with Crippen LogP contribution in [0.25, 0.3) is 0 Å². The number of rotatable bonds is 8. The molecule has 0 atom stereocenters. The van der Waals surface area contributed by atoms with Gasteiger partial charge in [-0.25, -0.2) is 12.8 Å². The second kappa shape index (κ2) is 11.7. The van der Waals surface area contributed by atoms with Crippen molar-refractivity contribution in [1.82, 2.24) is 9.62 Å². The van der Waals surface area contributed by atoms with Crippen molar-refractivity contribution in [2.45, 2.75) is 30.6 Å². The molecule has 34 heavy (non-hydrogen) atoms. The highest BCUT2D eigenvalue weighted by atomic mass is 32.2. The van der Waals surface area contributed by atoms with Crippen LogP contribution in [-0.4, -0.2) is 56.7 Å². The quantitative estimate of drug-likeness (QED) is 0.547. The summed E-state index contributed by atoms with van der Waals surface area (Å²) < 4.78 is 45.7. The zero-order valence-electron chi connectivity index (χ0n) is 18.5. The fraction of sp³-hybridized carbons (Fsp3) is 0.348. The molecule has 2 N–H and O–H groups in total. The number of benzene rings is 2. The van der Waals surface area contributed by atoms with Crippen molar-refractivity contribution in [2.75, 3.05) is 31.6 Å². The summed E-state index contributed by atoms with van der Waals surface area (Å²) in [6.07, 6.45) is 3.60. The molecule has 2 amide bonds. The molecule has 1 saturated heterocycles. The maximum atomic E-state index is 13.6. The Morgan fingerprint density at radius 3 is 2.38 bits per heavy atom. The van der Waals surface area contributed by atoms with E-state index in [2.05, 4.69) is 10.6 Å². The molecule has 1 fully saturated rings. The maximum Gasteiger partial charge on any atom is 0.325 e. The van der Waals surface area contributed by atoms with E-state index in [-0.39, 0.29) is 16.1 Å². The molecule has 182 valence electrons. The lowest BCUT2D eigenvalue weighted by molar-refractivity contribution is -0.146. The molecule has 11 heteroatoms. The first kappa shape index (κ1) is 25.3. The minimum Gasteiger partial charge on any atom is -0.454 e. The number of amides is 2. The molecule has 0 bridgehead atoms. The van der Waals surface area contributed by atoms with Crippen molar-refractivity contribution in [1.29, 1.82) is 0 Å². The van der Waals surface area contributed by atoms with Gasteiger partial charge in [0.15, 0.2) is 6.61 Å². The van der Waals surface area contributed by atoms with E-state index in [1.165, 1.54) is 46.8 Å². The third-order valence-electron chi connectivity index (χ3n) is 5.20. The summed E-state index contributed by atoms with van der Waals surface area (Å²) in [5, 5.41) is 4.70. The molecule has 0 radical (unpaired) electrons. The van der Waals surface area contributed by atoms with Gasteiger partial charge in [0.2, 0.25) is 10.0 Å². The number of nitrogens with one attached hydrogen (secondary N) is 2. The third-order valence-corrected chi connectivity index (χ3v) is 7.09. The molecule has 1 heterocycles. The predicted octanol–water partition coefficient (Wildman–Crippen LogP) is 2.30. The summed E-state index contributed by atoms with van der Waals surface area (Å²) in [5.41, 5.74) is 0.0212. The lowest BCUT2D eigenvalue weighted by Gasteiger charge is -2.20. The number of carbonyl (C=O) groups is 3. The van der Waals surface area contributed by atoms with Gasteiger partial charge in [0.1, 0.15) is 12.4 Å². The predicted molar refractivity (Wildman–Crippen MR) is 122 cm³/mol. The summed E-state index contributed by atoms with van der Waals surface area (Å²) >= 11 is 0. The lowest BCUT2D eigenvalue weighted by Crippen LogP contribution is -2.32. The van der Waals surface area contributed by atoms with Gasteiger partial charge < -0.3 is 15.4 Å². The van der Waals surface area contributed by atoms with Crippen molar-refractivity contribution in [3.8, 4) is 0 Å². The second-order valence-electron chi connectivity index (χ2n) is 7.72. The number of nitrogens with zero attached hydrogens (tertiary/aromatic N) is 1. The number of esters is 1. The molecule has 0 aliphatic carbocycles. The van der Waals surface area contributed by atoms with E-state index in [0.717, 1.165) is 31.7 Å². The molecule has 3 rings (SSSR count). The molecule has 2 aromatic rings. The molecule has 1 aliphatic heterocycles. The lowest BCUT2D eigenvalue weighted by atomic mass is 10.2. The minimum absolute atomic E-state index is 0.0695. The second-order valence-corrected chi connectivity index (χ2v) is 9.66. The molecule has 0 unspecified atom stereocenters. The molecule has 1 aliphatic rings. The molecule has 0 spiro atoms. The minimum atomic E-state index is -3.68. The van der Waals surface area contributed by atoms with Gasteiger partial charge >= 0.3 is 5.97 Å². The van der Waals surface area contributed by atoms with Gasteiger partial charge in [-0.05, 0) is 43.2 Å². The smallest absolute Gasteiger partial charge is 0.325 e. The van der Waals surface area contributed by atoms with Gasteiger partial charge in [-0.2, -0.15) is 4.31 Å². The van der Waals surface area contributed by atoms with Crippen molar-refractivity contribution in [2.24, 2.45) is 0 Å². The summed E-state index contributed by atoms with van der Waals surface area (Å²) in [5.74, 6) is -3.09. The number of anilines is 1. The maximum absolute atomic E-state index is 13.6. The number of carbonyl (C=O) groups excluding carboxylic acids is 3. The fourth-order valence-corrected chi connectivity index (χ4v) is 5.02. The van der Waals surface area contributed by atoms with E-state index in [9.17, 15) is 27.2 Å².